The third-order valence-electron chi connectivity index (χ3n) is 4.81. The highest BCUT2D eigenvalue weighted by Gasteiger charge is 2.27. The van der Waals surface area contributed by atoms with Crippen molar-refractivity contribution >= 4 is 5.91 Å². The summed E-state index contributed by atoms with van der Waals surface area (Å²) in [5, 5.41) is 9.04. The summed E-state index contributed by atoms with van der Waals surface area (Å²) in [5.74, 6) is 2.00. The van der Waals surface area contributed by atoms with Crippen molar-refractivity contribution in [3.8, 4) is 11.5 Å². The molecule has 1 fully saturated rings. The van der Waals surface area contributed by atoms with Gasteiger partial charge in [0.05, 0.1) is 13.7 Å². The fraction of sp³-hybridized carbons (Fsp3) is 0.381. The second kappa shape index (κ2) is 8.72. The van der Waals surface area contributed by atoms with E-state index in [1.165, 1.54) is 5.56 Å². The molecular formula is C21H25NO4. The lowest BCUT2D eigenvalue weighted by Crippen LogP contribution is -2.33. The van der Waals surface area contributed by atoms with Gasteiger partial charge in [0.2, 0.25) is 0 Å². The summed E-state index contributed by atoms with van der Waals surface area (Å²) in [6, 6.07) is 15.2. The number of rotatable bonds is 7. The molecule has 1 unspecified atom stereocenters. The summed E-state index contributed by atoms with van der Waals surface area (Å²) in [6.07, 6.45) is 1.91. The molecular weight excluding hydrogens is 330 g/mol. The number of nitrogens with zero attached hydrogens (tertiary/aromatic N) is 1. The van der Waals surface area contributed by atoms with Crippen LogP contribution in [0.2, 0.25) is 0 Å². The smallest absolute Gasteiger partial charge is 0.260 e. The molecule has 1 aliphatic rings. The molecule has 1 amide bonds. The number of carbonyl (C=O) groups is 1. The van der Waals surface area contributed by atoms with E-state index in [1.807, 2.05) is 23.1 Å². The first-order chi connectivity index (χ1) is 12.7. The number of methoxy groups -OCH3 is 1. The third kappa shape index (κ3) is 4.55. The monoisotopic (exact) mass is 355 g/mol. The zero-order valence-corrected chi connectivity index (χ0v) is 15.1. The molecule has 1 atom stereocenters. The number of benzene rings is 2. The highest BCUT2D eigenvalue weighted by molar-refractivity contribution is 5.78. The number of carbonyl (C=O) groups excluding carboxylic acids is 1. The van der Waals surface area contributed by atoms with Crippen molar-refractivity contribution in [1.82, 2.24) is 4.90 Å². The largest absolute Gasteiger partial charge is 0.496 e. The lowest BCUT2D eigenvalue weighted by atomic mass is 9.98. The lowest BCUT2D eigenvalue weighted by molar-refractivity contribution is -0.132. The normalized spacial score (nSPS) is 16.5. The average Bonchev–Trinajstić information content (AvgIpc) is 3.15. The van der Waals surface area contributed by atoms with E-state index in [9.17, 15) is 4.79 Å². The molecule has 1 N–H and O–H groups in total. The number of hydrogen-bond donors (Lipinski definition) is 1. The SMILES string of the molecule is COc1ccccc1CC1CCN(C(=O)COc2ccc(CO)cc2)C1. The Kier molecular flexibility index (Phi) is 6.12. The number of para-hydroxylation sites is 1. The zero-order valence-electron chi connectivity index (χ0n) is 15.1. The van der Waals surface area contributed by atoms with Crippen molar-refractivity contribution in [3.63, 3.8) is 0 Å². The maximum Gasteiger partial charge on any atom is 0.260 e. The number of aliphatic hydroxyl groups excluding tert-OH is 1. The van der Waals surface area contributed by atoms with E-state index in [2.05, 4.69) is 6.07 Å². The summed E-state index contributed by atoms with van der Waals surface area (Å²) in [6.45, 7) is 1.57. The Balaban J connectivity index is 1.49. The van der Waals surface area contributed by atoms with Crippen molar-refractivity contribution in [2.75, 3.05) is 26.8 Å². The van der Waals surface area contributed by atoms with Crippen LogP contribution in [0.3, 0.4) is 0 Å². The van der Waals surface area contributed by atoms with Gasteiger partial charge in [-0.2, -0.15) is 0 Å². The highest BCUT2D eigenvalue weighted by Crippen LogP contribution is 2.26. The molecule has 0 spiro atoms. The Morgan fingerprint density at radius 1 is 1.19 bits per heavy atom. The molecule has 5 nitrogen and oxygen atoms in total. The minimum Gasteiger partial charge on any atom is -0.496 e. The van der Waals surface area contributed by atoms with Crippen LogP contribution in [0, 0.1) is 5.92 Å². The van der Waals surface area contributed by atoms with Crippen LogP contribution in [-0.2, 0) is 17.8 Å². The van der Waals surface area contributed by atoms with Crippen LogP contribution in [0.25, 0.3) is 0 Å². The van der Waals surface area contributed by atoms with E-state index in [0.29, 0.717) is 11.7 Å². The van der Waals surface area contributed by atoms with Crippen molar-refractivity contribution in [3.05, 3.63) is 59.7 Å². The molecule has 0 aromatic heterocycles. The molecule has 1 saturated heterocycles. The Labute approximate surface area is 154 Å². The molecule has 2 aromatic carbocycles. The summed E-state index contributed by atoms with van der Waals surface area (Å²) < 4.78 is 11.0. The maximum atomic E-state index is 12.4. The first-order valence-electron chi connectivity index (χ1n) is 8.92. The molecule has 3 rings (SSSR count). The predicted octanol–water partition coefficient (Wildman–Crippen LogP) is 2.66. The van der Waals surface area contributed by atoms with E-state index in [-0.39, 0.29) is 19.1 Å². The Hall–Kier alpha value is -2.53. The van der Waals surface area contributed by atoms with E-state index in [0.717, 1.165) is 37.2 Å². The average molecular weight is 355 g/mol. The van der Waals surface area contributed by atoms with Gasteiger partial charge in [-0.05, 0) is 48.1 Å². The number of aliphatic hydroxyl groups is 1. The number of likely N-dealkylation sites (tertiary alicyclic amines) is 1. The van der Waals surface area contributed by atoms with Crippen LogP contribution in [0.15, 0.2) is 48.5 Å². The summed E-state index contributed by atoms with van der Waals surface area (Å²) >= 11 is 0. The lowest BCUT2D eigenvalue weighted by Gasteiger charge is -2.17. The second-order valence-electron chi connectivity index (χ2n) is 6.60. The van der Waals surface area contributed by atoms with Gasteiger partial charge in [0.15, 0.2) is 6.61 Å². The number of hydrogen-bond acceptors (Lipinski definition) is 4. The first-order valence-corrected chi connectivity index (χ1v) is 8.92. The molecule has 2 aromatic rings. The van der Waals surface area contributed by atoms with E-state index in [1.54, 1.807) is 31.4 Å². The molecule has 1 heterocycles. The predicted molar refractivity (Wildman–Crippen MR) is 99.2 cm³/mol. The van der Waals surface area contributed by atoms with Crippen LogP contribution in [0.4, 0.5) is 0 Å². The van der Waals surface area contributed by atoms with Crippen molar-refractivity contribution in [2.24, 2.45) is 5.92 Å². The molecule has 0 saturated carbocycles. The van der Waals surface area contributed by atoms with Gasteiger partial charge in [-0.25, -0.2) is 0 Å². The first kappa shape index (κ1) is 18.3. The zero-order chi connectivity index (χ0) is 18.4. The van der Waals surface area contributed by atoms with Crippen LogP contribution in [0.1, 0.15) is 17.5 Å². The summed E-state index contributed by atoms with van der Waals surface area (Å²) in [4.78, 5) is 14.3. The van der Waals surface area contributed by atoms with Crippen LogP contribution in [-0.4, -0.2) is 42.7 Å². The summed E-state index contributed by atoms with van der Waals surface area (Å²) in [7, 11) is 1.69. The minimum absolute atomic E-state index is 0.000572. The fourth-order valence-corrected chi connectivity index (χ4v) is 3.34. The van der Waals surface area contributed by atoms with Crippen molar-refractivity contribution in [2.45, 2.75) is 19.4 Å². The second-order valence-corrected chi connectivity index (χ2v) is 6.60. The van der Waals surface area contributed by atoms with Gasteiger partial charge in [-0.15, -0.1) is 0 Å². The molecule has 0 radical (unpaired) electrons. The van der Waals surface area contributed by atoms with Crippen molar-refractivity contribution in [1.29, 1.82) is 0 Å². The van der Waals surface area contributed by atoms with Gasteiger partial charge >= 0.3 is 0 Å². The molecule has 0 bridgehead atoms. The van der Waals surface area contributed by atoms with E-state index in [4.69, 9.17) is 14.6 Å². The Bertz CT molecular complexity index is 729. The topological polar surface area (TPSA) is 59.0 Å². The molecule has 26 heavy (non-hydrogen) atoms. The maximum absolute atomic E-state index is 12.4. The standard InChI is InChI=1S/C21H25NO4/c1-25-20-5-3-2-4-18(20)12-17-10-11-22(13-17)21(24)15-26-19-8-6-16(14-23)7-9-19/h2-9,17,23H,10-15H2,1H3. The van der Waals surface area contributed by atoms with Crippen LogP contribution >= 0.6 is 0 Å². The number of ether oxygens (including phenoxy) is 2. The van der Waals surface area contributed by atoms with E-state index >= 15 is 0 Å². The molecule has 0 aliphatic carbocycles. The van der Waals surface area contributed by atoms with Gasteiger partial charge in [0.1, 0.15) is 11.5 Å². The van der Waals surface area contributed by atoms with Crippen molar-refractivity contribution < 1.29 is 19.4 Å². The molecule has 5 heteroatoms. The van der Waals surface area contributed by atoms with Gasteiger partial charge in [0.25, 0.3) is 5.91 Å². The van der Waals surface area contributed by atoms with Gasteiger partial charge in [-0.3, -0.25) is 4.79 Å². The fourth-order valence-electron chi connectivity index (χ4n) is 3.34. The molecule has 138 valence electrons. The summed E-state index contributed by atoms with van der Waals surface area (Å²) in [5.41, 5.74) is 2.01. The van der Waals surface area contributed by atoms with Gasteiger partial charge in [0, 0.05) is 13.1 Å². The van der Waals surface area contributed by atoms with Gasteiger partial charge in [-0.1, -0.05) is 30.3 Å². The molecule has 1 aliphatic heterocycles. The van der Waals surface area contributed by atoms with Crippen LogP contribution < -0.4 is 9.47 Å². The van der Waals surface area contributed by atoms with E-state index < -0.39 is 0 Å². The number of amides is 1. The van der Waals surface area contributed by atoms with Gasteiger partial charge < -0.3 is 19.5 Å². The van der Waals surface area contributed by atoms with Crippen LogP contribution in [0.5, 0.6) is 11.5 Å². The minimum atomic E-state index is 0.000572. The highest BCUT2D eigenvalue weighted by atomic mass is 16.5. The third-order valence-corrected chi connectivity index (χ3v) is 4.81. The Morgan fingerprint density at radius 2 is 1.96 bits per heavy atom. The Morgan fingerprint density at radius 3 is 2.69 bits per heavy atom. The quantitative estimate of drug-likeness (QED) is 0.830.